The Bertz CT molecular complexity index is 699. The molecule has 2 atom stereocenters. The van der Waals surface area contributed by atoms with Gasteiger partial charge in [-0.25, -0.2) is 0 Å². The molecule has 0 saturated carbocycles. The van der Waals surface area contributed by atoms with Crippen molar-refractivity contribution in [3.63, 3.8) is 0 Å². The van der Waals surface area contributed by atoms with Crippen LogP contribution in [0.2, 0.25) is 0 Å². The fourth-order valence-electron chi connectivity index (χ4n) is 3.88. The van der Waals surface area contributed by atoms with Crippen LogP contribution in [0.4, 0.5) is 0 Å². The van der Waals surface area contributed by atoms with Crippen LogP contribution in [0.25, 0.3) is 6.08 Å². The number of fused-ring (bicyclic) bond motifs is 2. The van der Waals surface area contributed by atoms with Crippen molar-refractivity contribution < 1.29 is 0 Å². The zero-order chi connectivity index (χ0) is 15.5. The predicted octanol–water partition coefficient (Wildman–Crippen LogP) is 5.06. The van der Waals surface area contributed by atoms with Gasteiger partial charge in [-0.05, 0) is 36.0 Å². The highest BCUT2D eigenvalue weighted by atomic mass is 15.2. The second-order valence-electron chi connectivity index (χ2n) is 6.65. The predicted molar refractivity (Wildman–Crippen MR) is 97.0 cm³/mol. The van der Waals surface area contributed by atoms with Gasteiger partial charge in [0.1, 0.15) is 0 Å². The summed E-state index contributed by atoms with van der Waals surface area (Å²) in [6.45, 7) is 1.09. The van der Waals surface area contributed by atoms with E-state index in [-0.39, 0.29) is 0 Å². The first kappa shape index (κ1) is 14.5. The molecule has 0 spiro atoms. The molecule has 2 aliphatic rings. The van der Waals surface area contributed by atoms with Gasteiger partial charge in [0, 0.05) is 18.6 Å². The van der Waals surface area contributed by atoms with Crippen LogP contribution in [0.3, 0.4) is 0 Å². The third kappa shape index (κ3) is 3.30. The van der Waals surface area contributed by atoms with Gasteiger partial charge < -0.3 is 0 Å². The quantitative estimate of drug-likeness (QED) is 0.762. The molecule has 0 N–H and O–H groups in total. The largest absolute Gasteiger partial charge is 0.289 e. The van der Waals surface area contributed by atoms with Crippen LogP contribution < -0.4 is 0 Å². The summed E-state index contributed by atoms with van der Waals surface area (Å²) < 4.78 is 0. The van der Waals surface area contributed by atoms with Crippen LogP contribution in [0.1, 0.15) is 30.4 Å². The average molecular weight is 301 g/mol. The van der Waals surface area contributed by atoms with E-state index in [4.69, 9.17) is 0 Å². The standard InChI is InChI=1S/C22H23N/c1-3-7-18(8-4-1)11-12-20-15-21-13-14-22(16-20)23(21)17-19-9-5-2-6-10-19/h1-12,15,21-22H,13-14,16-17H2/b12-11+. The summed E-state index contributed by atoms with van der Waals surface area (Å²) in [6.07, 6.45) is 10.9. The number of benzene rings is 2. The van der Waals surface area contributed by atoms with Crippen LogP contribution in [-0.4, -0.2) is 17.0 Å². The average Bonchev–Trinajstić information content (AvgIpc) is 2.83. The summed E-state index contributed by atoms with van der Waals surface area (Å²) in [5.74, 6) is 0. The van der Waals surface area contributed by atoms with Gasteiger partial charge in [0.25, 0.3) is 0 Å². The Morgan fingerprint density at radius 2 is 1.61 bits per heavy atom. The Labute approximate surface area is 139 Å². The molecule has 2 unspecified atom stereocenters. The van der Waals surface area contributed by atoms with Crippen molar-refractivity contribution in [2.45, 2.75) is 37.9 Å². The molecule has 1 fully saturated rings. The lowest BCUT2D eigenvalue weighted by molar-refractivity contribution is 0.197. The lowest BCUT2D eigenvalue weighted by Gasteiger charge is -2.33. The van der Waals surface area contributed by atoms with Crippen LogP contribution in [0.15, 0.2) is 78.4 Å². The molecule has 116 valence electrons. The molecule has 23 heavy (non-hydrogen) atoms. The van der Waals surface area contributed by atoms with E-state index in [0.717, 1.165) is 6.54 Å². The Morgan fingerprint density at radius 1 is 0.870 bits per heavy atom. The number of nitrogens with zero attached hydrogens (tertiary/aromatic N) is 1. The molecule has 4 rings (SSSR count). The van der Waals surface area contributed by atoms with E-state index in [1.54, 1.807) is 0 Å². The molecule has 2 heterocycles. The highest BCUT2D eigenvalue weighted by Crippen LogP contribution is 2.36. The monoisotopic (exact) mass is 301 g/mol. The molecule has 2 bridgehead atoms. The maximum Gasteiger partial charge on any atom is 0.0291 e. The number of hydrogen-bond donors (Lipinski definition) is 0. The summed E-state index contributed by atoms with van der Waals surface area (Å²) in [7, 11) is 0. The second-order valence-corrected chi connectivity index (χ2v) is 6.65. The molecular formula is C22H23N. The summed E-state index contributed by atoms with van der Waals surface area (Å²) >= 11 is 0. The maximum absolute atomic E-state index is 2.69. The number of allylic oxidation sites excluding steroid dienone is 1. The van der Waals surface area contributed by atoms with Crippen molar-refractivity contribution in [2.75, 3.05) is 0 Å². The molecular weight excluding hydrogens is 278 g/mol. The highest BCUT2D eigenvalue weighted by molar-refractivity contribution is 5.53. The molecule has 2 aromatic carbocycles. The van der Waals surface area contributed by atoms with Crippen molar-refractivity contribution in [3.05, 3.63) is 89.5 Å². The van der Waals surface area contributed by atoms with Gasteiger partial charge in [0.2, 0.25) is 0 Å². The molecule has 0 amide bonds. The lowest BCUT2D eigenvalue weighted by Crippen LogP contribution is -2.37. The summed E-state index contributed by atoms with van der Waals surface area (Å²) in [5, 5.41) is 0. The first-order valence-corrected chi connectivity index (χ1v) is 8.62. The highest BCUT2D eigenvalue weighted by Gasteiger charge is 2.35. The molecule has 0 aromatic heterocycles. The third-order valence-corrected chi connectivity index (χ3v) is 5.07. The molecule has 0 radical (unpaired) electrons. The van der Waals surface area contributed by atoms with Crippen LogP contribution in [-0.2, 0) is 6.54 Å². The van der Waals surface area contributed by atoms with E-state index in [1.807, 2.05) is 0 Å². The van der Waals surface area contributed by atoms with Crippen molar-refractivity contribution >= 4 is 6.08 Å². The van der Waals surface area contributed by atoms with E-state index < -0.39 is 0 Å². The molecule has 1 saturated heterocycles. The van der Waals surface area contributed by atoms with Gasteiger partial charge in [0.15, 0.2) is 0 Å². The van der Waals surface area contributed by atoms with Gasteiger partial charge in [-0.15, -0.1) is 0 Å². The number of rotatable bonds is 4. The van der Waals surface area contributed by atoms with Crippen LogP contribution in [0, 0.1) is 0 Å². The Kier molecular flexibility index (Phi) is 4.12. The Balaban J connectivity index is 1.47. The van der Waals surface area contributed by atoms with Crippen molar-refractivity contribution in [2.24, 2.45) is 0 Å². The molecule has 1 heteroatoms. The second kappa shape index (κ2) is 6.55. The van der Waals surface area contributed by atoms with E-state index in [2.05, 4.69) is 83.8 Å². The van der Waals surface area contributed by atoms with E-state index in [0.29, 0.717) is 12.1 Å². The first-order chi connectivity index (χ1) is 11.4. The Hall–Kier alpha value is -2.12. The van der Waals surface area contributed by atoms with E-state index >= 15 is 0 Å². The minimum atomic E-state index is 0.615. The molecule has 1 nitrogen and oxygen atoms in total. The Morgan fingerprint density at radius 3 is 2.35 bits per heavy atom. The fourth-order valence-corrected chi connectivity index (χ4v) is 3.88. The zero-order valence-electron chi connectivity index (χ0n) is 13.4. The first-order valence-electron chi connectivity index (χ1n) is 8.62. The third-order valence-electron chi connectivity index (χ3n) is 5.07. The van der Waals surface area contributed by atoms with Crippen molar-refractivity contribution in [3.8, 4) is 0 Å². The van der Waals surface area contributed by atoms with Gasteiger partial charge in [-0.2, -0.15) is 0 Å². The minimum absolute atomic E-state index is 0.615. The zero-order valence-corrected chi connectivity index (χ0v) is 13.4. The maximum atomic E-state index is 2.69. The van der Waals surface area contributed by atoms with Gasteiger partial charge in [-0.1, -0.05) is 78.9 Å². The SMILES string of the molecule is C1=C(/C=C/c2ccccc2)CC2CCC1N2Cc1ccccc1. The molecule has 2 aliphatic heterocycles. The summed E-state index contributed by atoms with van der Waals surface area (Å²) in [6, 6.07) is 22.8. The van der Waals surface area contributed by atoms with Crippen LogP contribution >= 0.6 is 0 Å². The molecule has 0 aliphatic carbocycles. The smallest absolute Gasteiger partial charge is 0.0291 e. The van der Waals surface area contributed by atoms with Crippen molar-refractivity contribution in [1.29, 1.82) is 0 Å². The normalized spacial score (nSPS) is 24.1. The van der Waals surface area contributed by atoms with Gasteiger partial charge in [-0.3, -0.25) is 4.90 Å². The number of hydrogen-bond acceptors (Lipinski definition) is 1. The van der Waals surface area contributed by atoms with Gasteiger partial charge >= 0.3 is 0 Å². The van der Waals surface area contributed by atoms with Crippen molar-refractivity contribution in [1.82, 2.24) is 4.90 Å². The summed E-state index contributed by atoms with van der Waals surface area (Å²) in [4.78, 5) is 2.69. The minimum Gasteiger partial charge on any atom is -0.289 e. The molecule has 2 aromatic rings. The van der Waals surface area contributed by atoms with Gasteiger partial charge in [0.05, 0.1) is 0 Å². The summed E-state index contributed by atoms with van der Waals surface area (Å²) in [5.41, 5.74) is 4.22. The lowest BCUT2D eigenvalue weighted by atomic mass is 9.99. The van der Waals surface area contributed by atoms with E-state index in [1.165, 1.54) is 36.0 Å². The fraction of sp³-hybridized carbons (Fsp3) is 0.273. The topological polar surface area (TPSA) is 3.24 Å². The van der Waals surface area contributed by atoms with Crippen LogP contribution in [0.5, 0.6) is 0 Å². The van der Waals surface area contributed by atoms with E-state index in [9.17, 15) is 0 Å².